The number of aromatic nitrogens is 2. The van der Waals surface area contributed by atoms with Crippen LogP contribution in [0.3, 0.4) is 0 Å². The topological polar surface area (TPSA) is 58.2 Å². The molecule has 0 aromatic carbocycles. The van der Waals surface area contributed by atoms with Crippen molar-refractivity contribution in [3.8, 4) is 0 Å². The fourth-order valence-corrected chi connectivity index (χ4v) is 2.16. The summed E-state index contributed by atoms with van der Waals surface area (Å²) in [6.45, 7) is 10.2. The lowest BCUT2D eigenvalue weighted by Crippen LogP contribution is -2.44. The van der Waals surface area contributed by atoms with Crippen LogP contribution in [0.15, 0.2) is 12.4 Å². The number of rotatable bonds is 5. The van der Waals surface area contributed by atoms with E-state index in [1.165, 1.54) is 0 Å². The molecule has 0 bridgehead atoms. The van der Waals surface area contributed by atoms with Gasteiger partial charge in [0.15, 0.2) is 0 Å². The van der Waals surface area contributed by atoms with Crippen molar-refractivity contribution < 1.29 is 11.0 Å². The third-order valence-corrected chi connectivity index (χ3v) is 3.52. The molecule has 1 N–H and O–H groups in total. The Morgan fingerprint density at radius 3 is 2.70 bits per heavy atom. The van der Waals surface area contributed by atoms with Gasteiger partial charge in [0.2, 0.25) is 0 Å². The summed E-state index contributed by atoms with van der Waals surface area (Å²) < 4.78 is 5.46. The van der Waals surface area contributed by atoms with Crippen LogP contribution < -0.4 is 0 Å². The van der Waals surface area contributed by atoms with Gasteiger partial charge in [-0.05, 0) is 34.1 Å². The highest BCUT2D eigenvalue weighted by molar-refractivity contribution is 7.80. The molecular formula is C14H27N3O2S. The van der Waals surface area contributed by atoms with Gasteiger partial charge in [-0.2, -0.15) is 12.6 Å². The van der Waals surface area contributed by atoms with Gasteiger partial charge in [-0.3, -0.25) is 0 Å². The molecule has 0 radical (unpaired) electrons. The molecule has 0 aliphatic rings. The van der Waals surface area contributed by atoms with Gasteiger partial charge >= 0.3 is 6.09 Å². The first kappa shape index (κ1) is 16.9. The van der Waals surface area contributed by atoms with Gasteiger partial charge in [0.1, 0.15) is 11.4 Å². The Kier molecular flexibility index (Phi) is 5.92. The molecule has 0 saturated carbocycles. The fraction of sp³-hybridized carbons (Fsp3) is 0.714. The summed E-state index contributed by atoms with van der Waals surface area (Å²) in [4.78, 5) is 21.3. The molecule has 0 aliphatic carbocycles. The van der Waals surface area contributed by atoms with Crippen LogP contribution in [-0.4, -0.2) is 39.1 Å². The summed E-state index contributed by atoms with van der Waals surface area (Å²) >= 11 is 4.58. The molecule has 1 aromatic heterocycles. The molecule has 2 atom stereocenters. The Hall–Kier alpha value is -1.17. The molecule has 1 aromatic rings. The molecule has 0 spiro atoms. The highest BCUT2D eigenvalue weighted by atomic mass is 32.1. The number of nitrogens with zero attached hydrogens (tertiary/aromatic N) is 2. The second kappa shape index (κ2) is 7.02. The Morgan fingerprint density at radius 1 is 1.60 bits per heavy atom. The van der Waals surface area contributed by atoms with Gasteiger partial charge in [0, 0.05) is 20.4 Å². The van der Waals surface area contributed by atoms with Gasteiger partial charge in [0.25, 0.3) is 0 Å². The maximum absolute atomic E-state index is 12.3. The van der Waals surface area contributed by atoms with E-state index in [0.29, 0.717) is 6.54 Å². The quantitative estimate of drug-likeness (QED) is 0.816. The number of nitrogens with one attached hydrogen (secondary N) is 1. The number of aromatic amines is 1. The fourth-order valence-electron chi connectivity index (χ4n) is 1.86. The van der Waals surface area contributed by atoms with Crippen molar-refractivity contribution in [2.24, 2.45) is 0 Å². The second-order valence-corrected chi connectivity index (χ2v) is 6.39. The number of hydrogen-bond donors (Lipinski definition) is 2. The first-order valence-electron chi connectivity index (χ1n) is 6.93. The maximum Gasteiger partial charge on any atom is 0.410 e. The Labute approximate surface area is 128 Å². The molecule has 5 nitrogen and oxygen atoms in total. The van der Waals surface area contributed by atoms with E-state index < -0.39 is 5.60 Å². The number of hydrogen-bond acceptors (Lipinski definition) is 4. The third-order valence-electron chi connectivity index (χ3n) is 2.84. The van der Waals surface area contributed by atoms with E-state index in [0.717, 1.165) is 12.2 Å². The van der Waals surface area contributed by atoms with E-state index in [1.807, 2.05) is 34.6 Å². The molecule has 0 fully saturated rings. The molecule has 6 heteroatoms. The molecule has 2 unspecified atom stereocenters. The zero-order chi connectivity index (χ0) is 15.3. The predicted molar refractivity (Wildman–Crippen MR) is 85.1 cm³/mol. The third kappa shape index (κ3) is 4.74. The predicted octanol–water partition coefficient (Wildman–Crippen LogP) is 3.66. The van der Waals surface area contributed by atoms with Crippen molar-refractivity contribution in [3.05, 3.63) is 18.2 Å². The average molecular weight is 301 g/mol. The summed E-state index contributed by atoms with van der Waals surface area (Å²) in [6, 6.07) is -0.112. The molecule has 20 heavy (non-hydrogen) atoms. The SMILES string of the molecule is CCCN(C(=O)OC(C)(C)C)C(C)C(S)c1ncc[nH]1.[HH]. The largest absolute Gasteiger partial charge is 0.444 e. The molecule has 1 heterocycles. The summed E-state index contributed by atoms with van der Waals surface area (Å²) in [5.41, 5.74) is -0.500. The van der Waals surface area contributed by atoms with Crippen LogP contribution in [0.4, 0.5) is 4.79 Å². The van der Waals surface area contributed by atoms with E-state index in [9.17, 15) is 4.79 Å². The Bertz CT molecular complexity index is 420. The second-order valence-electron chi connectivity index (χ2n) is 5.83. The number of H-pyrrole nitrogens is 1. The molecule has 0 saturated heterocycles. The highest BCUT2D eigenvalue weighted by Crippen LogP contribution is 2.26. The van der Waals surface area contributed by atoms with Gasteiger partial charge in [-0.15, -0.1) is 0 Å². The minimum absolute atomic E-state index is 0. The monoisotopic (exact) mass is 301 g/mol. The number of ether oxygens (including phenoxy) is 1. The van der Waals surface area contributed by atoms with Crippen LogP contribution >= 0.6 is 12.6 Å². The van der Waals surface area contributed by atoms with Crippen molar-refractivity contribution in [3.63, 3.8) is 0 Å². The van der Waals surface area contributed by atoms with Crippen molar-refractivity contribution in [1.82, 2.24) is 14.9 Å². The van der Waals surface area contributed by atoms with E-state index in [4.69, 9.17) is 4.74 Å². The number of thiol groups is 1. The highest BCUT2D eigenvalue weighted by Gasteiger charge is 2.30. The van der Waals surface area contributed by atoms with Gasteiger partial charge in [0.05, 0.1) is 11.3 Å². The van der Waals surface area contributed by atoms with Crippen molar-refractivity contribution >= 4 is 18.7 Å². The first-order chi connectivity index (χ1) is 9.26. The van der Waals surface area contributed by atoms with Crippen molar-refractivity contribution in [2.75, 3.05) is 6.54 Å². The molecule has 1 rings (SSSR count). The van der Waals surface area contributed by atoms with E-state index in [-0.39, 0.29) is 18.8 Å². The minimum atomic E-state index is -0.500. The lowest BCUT2D eigenvalue weighted by molar-refractivity contribution is 0.0173. The summed E-state index contributed by atoms with van der Waals surface area (Å²) in [6.07, 6.45) is 3.99. The molecule has 0 aliphatic heterocycles. The van der Waals surface area contributed by atoms with Crippen molar-refractivity contribution in [2.45, 2.75) is 57.9 Å². The van der Waals surface area contributed by atoms with E-state index >= 15 is 0 Å². The van der Waals surface area contributed by atoms with E-state index in [1.54, 1.807) is 17.3 Å². The smallest absolute Gasteiger partial charge is 0.410 e. The van der Waals surface area contributed by atoms with Crippen LogP contribution in [0.1, 0.15) is 53.5 Å². The van der Waals surface area contributed by atoms with Crippen LogP contribution in [0.2, 0.25) is 0 Å². The van der Waals surface area contributed by atoms with Crippen LogP contribution in [0, 0.1) is 0 Å². The van der Waals surface area contributed by atoms with Gasteiger partial charge in [-0.1, -0.05) is 6.92 Å². The zero-order valence-electron chi connectivity index (χ0n) is 12.9. The van der Waals surface area contributed by atoms with Crippen molar-refractivity contribution in [1.29, 1.82) is 0 Å². The first-order valence-corrected chi connectivity index (χ1v) is 7.45. The van der Waals surface area contributed by atoms with Gasteiger partial charge < -0.3 is 14.6 Å². The number of carbonyl (C=O) groups excluding carboxylic acids is 1. The average Bonchev–Trinajstić information content (AvgIpc) is 2.85. The zero-order valence-corrected chi connectivity index (χ0v) is 13.8. The molecule has 116 valence electrons. The molecular weight excluding hydrogens is 274 g/mol. The van der Waals surface area contributed by atoms with Crippen LogP contribution in [-0.2, 0) is 4.74 Å². The van der Waals surface area contributed by atoms with Crippen LogP contribution in [0.5, 0.6) is 0 Å². The lowest BCUT2D eigenvalue weighted by Gasteiger charge is -2.33. The summed E-state index contributed by atoms with van der Waals surface area (Å²) in [5.74, 6) is 0.755. The number of amides is 1. The Balaban J connectivity index is 0.00000400. The number of carbonyl (C=O) groups is 1. The maximum atomic E-state index is 12.3. The summed E-state index contributed by atoms with van der Waals surface area (Å²) in [5, 5.41) is -0.177. The minimum Gasteiger partial charge on any atom is -0.444 e. The molecule has 1 amide bonds. The van der Waals surface area contributed by atoms with Gasteiger partial charge in [-0.25, -0.2) is 9.78 Å². The van der Waals surface area contributed by atoms with E-state index in [2.05, 4.69) is 22.6 Å². The standard InChI is InChI=1S/C14H25N3O2S.H2/c1-6-9-17(13(18)19-14(3,4)5)10(2)11(20)12-15-7-8-16-12;/h7-8,10-11,20H,6,9H2,1-5H3,(H,15,16);1H. The normalized spacial score (nSPS) is 14.7. The van der Waals surface area contributed by atoms with Crippen LogP contribution in [0.25, 0.3) is 0 Å². The summed E-state index contributed by atoms with van der Waals surface area (Å²) in [7, 11) is 0. The number of imidazole rings is 1. The lowest BCUT2D eigenvalue weighted by atomic mass is 10.1. The Morgan fingerprint density at radius 2 is 2.25 bits per heavy atom.